The quantitative estimate of drug-likeness (QED) is 0.0212. The Labute approximate surface area is 307 Å². The van der Waals surface area contributed by atoms with Gasteiger partial charge in [0.05, 0.1) is 19.5 Å². The van der Waals surface area contributed by atoms with E-state index in [0.717, 1.165) is 57.8 Å². The Morgan fingerprint density at radius 2 is 1.08 bits per heavy atom. The van der Waals surface area contributed by atoms with Gasteiger partial charge in [-0.3, -0.25) is 13.8 Å². The van der Waals surface area contributed by atoms with Crippen LogP contribution in [0.2, 0.25) is 0 Å². The molecule has 50 heavy (non-hydrogen) atoms. The first-order valence-electron chi connectivity index (χ1n) is 20.2. The van der Waals surface area contributed by atoms with Crippen LogP contribution in [0.4, 0.5) is 0 Å². The zero-order valence-electron chi connectivity index (χ0n) is 32.1. The highest BCUT2D eigenvalue weighted by Gasteiger charge is 2.24. The molecule has 0 fully saturated rings. The summed E-state index contributed by atoms with van der Waals surface area (Å²) in [6, 6.07) is 0. The molecule has 8 nitrogen and oxygen atoms in total. The van der Waals surface area contributed by atoms with E-state index in [1.165, 1.54) is 96.3 Å². The average Bonchev–Trinajstić information content (AvgIpc) is 3.11. The number of ether oxygens (including phenoxy) is 2. The van der Waals surface area contributed by atoms with Gasteiger partial charge in [-0.05, 0) is 83.1 Å². The van der Waals surface area contributed by atoms with Crippen molar-refractivity contribution in [2.45, 2.75) is 180 Å². The monoisotopic (exact) mass is 726 g/mol. The van der Waals surface area contributed by atoms with Gasteiger partial charge in [0.15, 0.2) is 6.10 Å². The SMILES string of the molecule is CCCCCC=CCC=CCCCCCCCC(=O)OC[C@H](COP(=O)(O)OCCN)OC=CCCCCCCCCC=CCCCCCC. The molecule has 0 aromatic heterocycles. The lowest BCUT2D eigenvalue weighted by atomic mass is 10.1. The summed E-state index contributed by atoms with van der Waals surface area (Å²) < 4.78 is 33.1. The minimum Gasteiger partial charge on any atom is -0.492 e. The number of esters is 1. The molecule has 9 heteroatoms. The summed E-state index contributed by atoms with van der Waals surface area (Å²) >= 11 is 0. The van der Waals surface area contributed by atoms with Crippen molar-refractivity contribution in [1.82, 2.24) is 0 Å². The van der Waals surface area contributed by atoms with Crippen molar-refractivity contribution < 1.29 is 32.8 Å². The highest BCUT2D eigenvalue weighted by atomic mass is 31.2. The van der Waals surface area contributed by atoms with E-state index in [0.29, 0.717) is 6.42 Å². The Morgan fingerprint density at radius 3 is 1.64 bits per heavy atom. The summed E-state index contributed by atoms with van der Waals surface area (Å²) in [4.78, 5) is 22.2. The van der Waals surface area contributed by atoms with Gasteiger partial charge >= 0.3 is 13.8 Å². The predicted octanol–water partition coefficient (Wildman–Crippen LogP) is 12.0. The lowest BCUT2D eigenvalue weighted by Crippen LogP contribution is -2.25. The third-order valence-corrected chi connectivity index (χ3v) is 9.29. The van der Waals surface area contributed by atoms with Gasteiger partial charge in [-0.1, -0.05) is 127 Å². The summed E-state index contributed by atoms with van der Waals surface area (Å²) in [5.41, 5.74) is 5.35. The zero-order valence-corrected chi connectivity index (χ0v) is 33.0. The molecular formula is C41H76NO7P. The summed E-state index contributed by atoms with van der Waals surface area (Å²) in [6.07, 6.45) is 45.1. The summed E-state index contributed by atoms with van der Waals surface area (Å²) in [5, 5.41) is 0. The van der Waals surface area contributed by atoms with Crippen LogP contribution in [0, 0.1) is 0 Å². The van der Waals surface area contributed by atoms with Crippen LogP contribution in [0.3, 0.4) is 0 Å². The average molecular weight is 726 g/mol. The van der Waals surface area contributed by atoms with Gasteiger partial charge in [-0.2, -0.15) is 0 Å². The molecule has 0 saturated heterocycles. The second-order valence-electron chi connectivity index (χ2n) is 13.2. The molecule has 292 valence electrons. The summed E-state index contributed by atoms with van der Waals surface area (Å²) in [6.45, 7) is 4.15. The molecule has 0 aliphatic heterocycles. The highest BCUT2D eigenvalue weighted by molar-refractivity contribution is 7.47. The van der Waals surface area contributed by atoms with Crippen LogP contribution in [-0.2, 0) is 27.9 Å². The lowest BCUT2D eigenvalue weighted by molar-refractivity contribution is -0.147. The number of unbranched alkanes of at least 4 members (excludes halogenated alkanes) is 19. The van der Waals surface area contributed by atoms with Gasteiger partial charge in [-0.15, -0.1) is 0 Å². The van der Waals surface area contributed by atoms with E-state index in [2.05, 4.69) is 50.3 Å². The van der Waals surface area contributed by atoms with Gasteiger partial charge < -0.3 is 20.1 Å². The molecule has 0 radical (unpaired) electrons. The molecule has 3 N–H and O–H groups in total. The molecular weight excluding hydrogens is 649 g/mol. The third kappa shape index (κ3) is 37.6. The fourth-order valence-electron chi connectivity index (χ4n) is 5.24. The molecule has 0 saturated carbocycles. The predicted molar refractivity (Wildman–Crippen MR) is 210 cm³/mol. The van der Waals surface area contributed by atoms with Gasteiger partial charge in [0.1, 0.15) is 6.61 Å². The number of allylic oxidation sites excluding steroid dienone is 7. The van der Waals surface area contributed by atoms with Crippen molar-refractivity contribution in [3.63, 3.8) is 0 Å². The van der Waals surface area contributed by atoms with Gasteiger partial charge in [0, 0.05) is 13.0 Å². The van der Waals surface area contributed by atoms with Crippen LogP contribution >= 0.6 is 7.82 Å². The molecule has 0 amide bonds. The molecule has 0 aliphatic carbocycles. The number of rotatable bonds is 38. The Bertz CT molecular complexity index is 905. The summed E-state index contributed by atoms with van der Waals surface area (Å²) in [7, 11) is -4.27. The first kappa shape index (κ1) is 48.3. The van der Waals surface area contributed by atoms with E-state index in [1.807, 2.05) is 6.08 Å². The van der Waals surface area contributed by atoms with Gasteiger partial charge in [0.25, 0.3) is 0 Å². The first-order chi connectivity index (χ1) is 24.4. The highest BCUT2D eigenvalue weighted by Crippen LogP contribution is 2.43. The Balaban J connectivity index is 4.16. The Hall–Kier alpha value is -1.70. The molecule has 0 rings (SSSR count). The second kappa shape index (κ2) is 38.5. The number of phosphoric ester groups is 1. The maximum absolute atomic E-state index is 12.4. The number of hydrogen-bond acceptors (Lipinski definition) is 7. The van der Waals surface area contributed by atoms with E-state index in [9.17, 15) is 14.3 Å². The van der Waals surface area contributed by atoms with Crippen LogP contribution in [0.25, 0.3) is 0 Å². The molecule has 0 heterocycles. The van der Waals surface area contributed by atoms with Crippen LogP contribution in [0.15, 0.2) is 48.8 Å². The second-order valence-corrected chi connectivity index (χ2v) is 14.7. The van der Waals surface area contributed by atoms with Gasteiger partial charge in [0.2, 0.25) is 0 Å². The number of phosphoric acid groups is 1. The Morgan fingerprint density at radius 1 is 0.620 bits per heavy atom. The number of nitrogens with two attached hydrogens (primary N) is 1. The fraction of sp³-hybridized carbons (Fsp3) is 0.780. The zero-order chi connectivity index (χ0) is 36.6. The van der Waals surface area contributed by atoms with E-state index in [4.69, 9.17) is 24.3 Å². The maximum atomic E-state index is 12.4. The topological polar surface area (TPSA) is 117 Å². The van der Waals surface area contributed by atoms with E-state index < -0.39 is 13.9 Å². The molecule has 1 unspecified atom stereocenters. The van der Waals surface area contributed by atoms with Crippen LogP contribution < -0.4 is 5.73 Å². The van der Waals surface area contributed by atoms with Crippen LogP contribution in [-0.4, -0.2) is 43.3 Å². The molecule has 0 bridgehead atoms. The standard InChI is InChI=1S/C41H76NO7P/c1-3-5-7-9-11-13-15-17-19-21-23-25-27-29-31-33-36-46-40(39-49-50(44,45)48-37-35-42)38-47-41(43)34-32-30-28-26-24-22-20-18-16-14-12-10-8-6-4-2/h12-15,18,20,33,36,40H,3-11,16-17,19,21-32,34-35,37-39,42H2,1-2H3,(H,44,45)/t40-/m1/s1. The lowest BCUT2D eigenvalue weighted by Gasteiger charge is -2.19. The van der Waals surface area contributed by atoms with Crippen molar-refractivity contribution in [3.05, 3.63) is 48.8 Å². The maximum Gasteiger partial charge on any atom is 0.472 e. The first-order valence-corrected chi connectivity index (χ1v) is 21.7. The van der Waals surface area contributed by atoms with Crippen molar-refractivity contribution in [2.75, 3.05) is 26.4 Å². The minimum atomic E-state index is -4.27. The minimum absolute atomic E-state index is 0.0750. The molecule has 0 spiro atoms. The molecule has 0 aromatic carbocycles. The number of hydrogen-bond donors (Lipinski definition) is 2. The van der Waals surface area contributed by atoms with E-state index in [-0.39, 0.29) is 32.3 Å². The largest absolute Gasteiger partial charge is 0.492 e. The van der Waals surface area contributed by atoms with Crippen molar-refractivity contribution in [2.24, 2.45) is 5.73 Å². The number of carbonyl (C=O) groups excluding carboxylic acids is 1. The van der Waals surface area contributed by atoms with Crippen molar-refractivity contribution in [1.29, 1.82) is 0 Å². The van der Waals surface area contributed by atoms with E-state index >= 15 is 0 Å². The van der Waals surface area contributed by atoms with Crippen molar-refractivity contribution >= 4 is 13.8 Å². The van der Waals surface area contributed by atoms with Gasteiger partial charge in [-0.25, -0.2) is 4.57 Å². The smallest absolute Gasteiger partial charge is 0.472 e. The molecule has 0 aromatic rings. The normalized spacial score (nSPS) is 14.0. The van der Waals surface area contributed by atoms with Crippen molar-refractivity contribution in [3.8, 4) is 0 Å². The fourth-order valence-corrected chi connectivity index (χ4v) is 6.00. The summed E-state index contributed by atoms with van der Waals surface area (Å²) in [5.74, 6) is -0.307. The third-order valence-electron chi connectivity index (χ3n) is 8.31. The van der Waals surface area contributed by atoms with E-state index in [1.54, 1.807) is 6.26 Å². The Kier molecular flexibility index (Phi) is 37.2. The molecule has 0 aliphatic rings. The number of carbonyl (C=O) groups is 1. The van der Waals surface area contributed by atoms with Crippen LogP contribution in [0.5, 0.6) is 0 Å². The molecule has 2 atom stereocenters. The van der Waals surface area contributed by atoms with Crippen LogP contribution in [0.1, 0.15) is 174 Å².